The summed E-state index contributed by atoms with van der Waals surface area (Å²) in [6, 6.07) is 14.0. The van der Waals surface area contributed by atoms with Crippen LogP contribution in [0.3, 0.4) is 0 Å². The highest BCUT2D eigenvalue weighted by atomic mass is 16.5. The highest BCUT2D eigenvalue weighted by Gasteiger charge is 2.45. The van der Waals surface area contributed by atoms with E-state index in [-0.39, 0.29) is 11.3 Å². The van der Waals surface area contributed by atoms with Crippen molar-refractivity contribution in [3.63, 3.8) is 0 Å². The second kappa shape index (κ2) is 10.5. The molecule has 3 rings (SSSR count). The number of hydrogen-bond acceptors (Lipinski definition) is 5. The monoisotopic (exact) mass is 436 g/mol. The van der Waals surface area contributed by atoms with Gasteiger partial charge in [-0.2, -0.15) is 0 Å². The number of likely N-dealkylation sites (N-methyl/N-ethyl adjacent to an activating group) is 1. The van der Waals surface area contributed by atoms with E-state index in [1.807, 2.05) is 50.2 Å². The van der Waals surface area contributed by atoms with E-state index in [0.29, 0.717) is 25.3 Å². The Morgan fingerprint density at radius 3 is 2.19 bits per heavy atom. The summed E-state index contributed by atoms with van der Waals surface area (Å²) in [4.78, 5) is 29.9. The average Bonchev–Trinajstić information content (AvgIpc) is 3.05. The summed E-state index contributed by atoms with van der Waals surface area (Å²) < 4.78 is 5.54. The van der Waals surface area contributed by atoms with Crippen LogP contribution in [0.4, 0.5) is 0 Å². The molecule has 0 aromatic heterocycles. The minimum atomic E-state index is -0.651. The third-order valence-corrected chi connectivity index (χ3v) is 5.92. The van der Waals surface area contributed by atoms with Gasteiger partial charge in [0.15, 0.2) is 0 Å². The Labute approximate surface area is 190 Å². The summed E-state index contributed by atoms with van der Waals surface area (Å²) in [7, 11) is 0. The van der Waals surface area contributed by atoms with Crippen molar-refractivity contribution in [2.75, 3.05) is 32.8 Å². The number of Topliss-reactive ketones (excluding diaryl/α,β-unsaturated/α-hetero) is 1. The summed E-state index contributed by atoms with van der Waals surface area (Å²) in [6.45, 7) is 11.3. The Balaban J connectivity index is 2.06. The molecule has 2 aromatic rings. The number of nitrogens with zero attached hydrogens (tertiary/aromatic N) is 2. The van der Waals surface area contributed by atoms with Crippen LogP contribution in [-0.2, 0) is 9.59 Å². The molecule has 2 aromatic carbocycles. The highest BCUT2D eigenvalue weighted by molar-refractivity contribution is 6.46. The van der Waals surface area contributed by atoms with Crippen molar-refractivity contribution in [1.82, 2.24) is 9.80 Å². The molecule has 6 nitrogen and oxygen atoms in total. The number of hydrogen-bond donors (Lipinski definition) is 1. The van der Waals surface area contributed by atoms with Crippen LogP contribution in [0.5, 0.6) is 5.75 Å². The first-order chi connectivity index (χ1) is 15.4. The van der Waals surface area contributed by atoms with Gasteiger partial charge in [0.2, 0.25) is 0 Å². The van der Waals surface area contributed by atoms with Crippen LogP contribution in [0.2, 0.25) is 0 Å². The van der Waals surface area contributed by atoms with Crippen molar-refractivity contribution in [2.45, 2.75) is 33.7 Å². The lowest BCUT2D eigenvalue weighted by Gasteiger charge is -2.28. The van der Waals surface area contributed by atoms with Gasteiger partial charge < -0.3 is 19.6 Å². The molecule has 170 valence electrons. The molecule has 1 amide bonds. The number of rotatable bonds is 9. The first kappa shape index (κ1) is 23.5. The lowest BCUT2D eigenvalue weighted by atomic mass is 9.95. The number of carbonyl (C=O) groups is 2. The minimum absolute atomic E-state index is 0.127. The van der Waals surface area contributed by atoms with E-state index in [0.717, 1.165) is 30.0 Å². The first-order valence-electron chi connectivity index (χ1n) is 11.2. The van der Waals surface area contributed by atoms with Crippen LogP contribution in [0.25, 0.3) is 5.76 Å². The molecule has 0 spiro atoms. The van der Waals surface area contributed by atoms with Crippen molar-refractivity contribution in [1.29, 1.82) is 0 Å². The normalized spacial score (nSPS) is 17.9. The van der Waals surface area contributed by atoms with Gasteiger partial charge in [-0.15, -0.1) is 0 Å². The number of aliphatic hydroxyl groups is 1. The van der Waals surface area contributed by atoms with E-state index < -0.39 is 17.7 Å². The van der Waals surface area contributed by atoms with Gasteiger partial charge in [-0.25, -0.2) is 0 Å². The second-order valence-corrected chi connectivity index (χ2v) is 7.89. The molecule has 0 radical (unpaired) electrons. The van der Waals surface area contributed by atoms with Crippen molar-refractivity contribution in [3.8, 4) is 5.75 Å². The maximum Gasteiger partial charge on any atom is 0.295 e. The molecule has 1 aliphatic rings. The lowest BCUT2D eigenvalue weighted by Crippen LogP contribution is -2.38. The SMILES string of the molecule is CCOc1ccc(C2/C(=C(/O)c3ccc(C)cc3)C(=O)C(=O)N2CCN(CC)CC)cc1. The quantitative estimate of drug-likeness (QED) is 0.363. The third kappa shape index (κ3) is 4.86. The Kier molecular flexibility index (Phi) is 7.70. The van der Waals surface area contributed by atoms with Gasteiger partial charge in [0, 0.05) is 18.7 Å². The van der Waals surface area contributed by atoms with E-state index in [1.54, 1.807) is 17.0 Å². The third-order valence-electron chi connectivity index (χ3n) is 5.92. The fraction of sp³-hybridized carbons (Fsp3) is 0.385. The van der Waals surface area contributed by atoms with Crippen molar-refractivity contribution in [2.24, 2.45) is 0 Å². The number of likely N-dealkylation sites (tertiary alicyclic amines) is 1. The zero-order chi connectivity index (χ0) is 23.3. The number of aliphatic hydroxyl groups excluding tert-OH is 1. The predicted molar refractivity (Wildman–Crippen MR) is 126 cm³/mol. The van der Waals surface area contributed by atoms with Crippen LogP contribution in [0.1, 0.15) is 43.5 Å². The topological polar surface area (TPSA) is 70.1 Å². The Morgan fingerprint density at radius 2 is 1.62 bits per heavy atom. The molecule has 1 saturated heterocycles. The Bertz CT molecular complexity index is 976. The van der Waals surface area contributed by atoms with Crippen LogP contribution >= 0.6 is 0 Å². The van der Waals surface area contributed by atoms with E-state index in [4.69, 9.17) is 4.74 Å². The van der Waals surface area contributed by atoms with Crippen LogP contribution in [0, 0.1) is 6.92 Å². The molecule has 1 atom stereocenters. The van der Waals surface area contributed by atoms with Crippen LogP contribution < -0.4 is 4.74 Å². The average molecular weight is 437 g/mol. The molecule has 0 aliphatic carbocycles. The summed E-state index contributed by atoms with van der Waals surface area (Å²) >= 11 is 0. The Morgan fingerprint density at radius 1 is 1.00 bits per heavy atom. The van der Waals surface area contributed by atoms with Crippen LogP contribution in [-0.4, -0.2) is 59.4 Å². The van der Waals surface area contributed by atoms with Crippen molar-refractivity contribution < 1.29 is 19.4 Å². The Hall–Kier alpha value is -3.12. The van der Waals surface area contributed by atoms with E-state index in [9.17, 15) is 14.7 Å². The standard InChI is InChI=1S/C26H32N2O4/c1-5-27(6-2)16-17-28-23(19-12-14-21(15-13-19)32-7-3)22(25(30)26(28)31)24(29)20-10-8-18(4)9-11-20/h8-15,23,29H,5-7,16-17H2,1-4H3/b24-22-. The summed E-state index contributed by atoms with van der Waals surface area (Å²) in [5.74, 6) is -0.659. The molecule has 1 heterocycles. The molecule has 0 saturated carbocycles. The van der Waals surface area contributed by atoms with Gasteiger partial charge in [-0.1, -0.05) is 55.8 Å². The van der Waals surface area contributed by atoms with Crippen molar-refractivity contribution >= 4 is 17.4 Å². The first-order valence-corrected chi connectivity index (χ1v) is 11.2. The number of aryl methyl sites for hydroxylation is 1. The predicted octanol–water partition coefficient (Wildman–Crippen LogP) is 4.16. The number of ketones is 1. The van der Waals surface area contributed by atoms with E-state index in [1.165, 1.54) is 0 Å². The molecule has 6 heteroatoms. The molecular formula is C26H32N2O4. The molecule has 1 N–H and O–H groups in total. The van der Waals surface area contributed by atoms with Gasteiger partial charge in [0.25, 0.3) is 11.7 Å². The maximum atomic E-state index is 13.1. The fourth-order valence-electron chi connectivity index (χ4n) is 4.03. The fourth-order valence-corrected chi connectivity index (χ4v) is 4.03. The lowest BCUT2D eigenvalue weighted by molar-refractivity contribution is -0.140. The highest BCUT2D eigenvalue weighted by Crippen LogP contribution is 2.39. The molecule has 32 heavy (non-hydrogen) atoms. The van der Waals surface area contributed by atoms with Gasteiger partial charge in [-0.05, 0) is 44.6 Å². The maximum absolute atomic E-state index is 13.1. The van der Waals surface area contributed by atoms with Gasteiger partial charge >= 0.3 is 0 Å². The second-order valence-electron chi connectivity index (χ2n) is 7.89. The number of ether oxygens (including phenoxy) is 1. The summed E-state index contributed by atoms with van der Waals surface area (Å²) in [5, 5.41) is 11.1. The van der Waals surface area contributed by atoms with E-state index in [2.05, 4.69) is 18.7 Å². The minimum Gasteiger partial charge on any atom is -0.507 e. The zero-order valence-corrected chi connectivity index (χ0v) is 19.3. The molecule has 1 aliphatic heterocycles. The van der Waals surface area contributed by atoms with Gasteiger partial charge in [0.1, 0.15) is 11.5 Å². The molecule has 0 bridgehead atoms. The molecule has 1 fully saturated rings. The van der Waals surface area contributed by atoms with Crippen molar-refractivity contribution in [3.05, 3.63) is 70.8 Å². The largest absolute Gasteiger partial charge is 0.507 e. The zero-order valence-electron chi connectivity index (χ0n) is 19.3. The van der Waals surface area contributed by atoms with E-state index >= 15 is 0 Å². The van der Waals surface area contributed by atoms with Crippen LogP contribution in [0.15, 0.2) is 54.1 Å². The summed E-state index contributed by atoms with van der Waals surface area (Å²) in [6.07, 6.45) is 0. The molecule has 1 unspecified atom stereocenters. The summed E-state index contributed by atoms with van der Waals surface area (Å²) in [5.41, 5.74) is 2.46. The molecular weight excluding hydrogens is 404 g/mol. The number of benzene rings is 2. The van der Waals surface area contributed by atoms with Gasteiger partial charge in [0.05, 0.1) is 18.2 Å². The number of amides is 1. The van der Waals surface area contributed by atoms with Gasteiger partial charge in [-0.3, -0.25) is 9.59 Å². The smallest absolute Gasteiger partial charge is 0.295 e. The number of carbonyl (C=O) groups excluding carboxylic acids is 2.